The predicted octanol–water partition coefficient (Wildman–Crippen LogP) is 4.82. The highest BCUT2D eigenvalue weighted by molar-refractivity contribution is 6.32. The quantitative estimate of drug-likeness (QED) is 0.852. The van der Waals surface area contributed by atoms with Gasteiger partial charge in [-0.3, -0.25) is 4.98 Å². The van der Waals surface area contributed by atoms with Gasteiger partial charge in [-0.2, -0.15) is 0 Å². The molecule has 2 aromatic rings. The number of hydrogen-bond donors (Lipinski definition) is 1. The van der Waals surface area contributed by atoms with E-state index in [0.29, 0.717) is 17.0 Å². The topological polar surface area (TPSA) is 34.1 Å². The molecule has 3 nitrogen and oxygen atoms in total. The van der Waals surface area contributed by atoms with Crippen LogP contribution in [0.1, 0.15) is 39.5 Å². The van der Waals surface area contributed by atoms with Crippen LogP contribution in [0.4, 0.5) is 0 Å². The fourth-order valence-electron chi connectivity index (χ4n) is 3.14. The van der Waals surface area contributed by atoms with Crippen LogP contribution in [-0.2, 0) is 0 Å². The molecular weight excluding hydrogens is 308 g/mol. The van der Waals surface area contributed by atoms with Gasteiger partial charge in [0.25, 0.3) is 0 Å². The first-order valence-corrected chi connectivity index (χ1v) is 8.93. The first-order chi connectivity index (χ1) is 11.1. The second-order valence-electron chi connectivity index (χ2n) is 6.90. The molecule has 0 saturated heterocycles. The normalized spacial score (nSPS) is 21.7. The number of hydrogen-bond acceptors (Lipinski definition) is 3. The maximum absolute atomic E-state index is 6.37. The van der Waals surface area contributed by atoms with Crippen molar-refractivity contribution in [3.63, 3.8) is 0 Å². The lowest BCUT2D eigenvalue weighted by Gasteiger charge is -2.30. The van der Waals surface area contributed by atoms with Gasteiger partial charge in [0.15, 0.2) is 0 Å². The lowest BCUT2D eigenvalue weighted by molar-refractivity contribution is 0.139. The summed E-state index contributed by atoms with van der Waals surface area (Å²) in [6.07, 6.45) is 8.41. The number of aromatic nitrogens is 1. The third-order valence-electron chi connectivity index (χ3n) is 4.47. The summed E-state index contributed by atoms with van der Waals surface area (Å²) in [5, 5.41) is 6.49. The first-order valence-electron chi connectivity index (χ1n) is 8.55. The second-order valence-corrected chi connectivity index (χ2v) is 7.31. The van der Waals surface area contributed by atoms with Crippen LogP contribution in [-0.4, -0.2) is 23.7 Å². The Morgan fingerprint density at radius 3 is 2.74 bits per heavy atom. The van der Waals surface area contributed by atoms with Gasteiger partial charge in [0, 0.05) is 23.8 Å². The summed E-state index contributed by atoms with van der Waals surface area (Å²) in [7, 11) is 0. The minimum atomic E-state index is 0.267. The number of benzene rings is 1. The monoisotopic (exact) mass is 332 g/mol. The largest absolute Gasteiger partial charge is 0.489 e. The Morgan fingerprint density at radius 1 is 1.22 bits per heavy atom. The van der Waals surface area contributed by atoms with Crippen LogP contribution in [0, 0.1) is 5.92 Å². The Bertz CT molecular complexity index is 651. The molecule has 1 aliphatic rings. The van der Waals surface area contributed by atoms with E-state index in [9.17, 15) is 0 Å². The number of ether oxygens (including phenoxy) is 1. The fraction of sp³-hybridized carbons (Fsp3) is 0.526. The predicted molar refractivity (Wildman–Crippen MR) is 96.3 cm³/mol. The van der Waals surface area contributed by atoms with E-state index in [2.05, 4.69) is 24.1 Å². The maximum atomic E-state index is 6.37. The minimum absolute atomic E-state index is 0.267. The van der Waals surface area contributed by atoms with Crippen LogP contribution in [0.15, 0.2) is 30.6 Å². The number of halogens is 1. The maximum Gasteiger partial charge on any atom is 0.138 e. The molecule has 0 amide bonds. The molecule has 1 aromatic carbocycles. The van der Waals surface area contributed by atoms with Crippen molar-refractivity contribution in [3.8, 4) is 5.75 Å². The molecule has 0 radical (unpaired) electrons. The highest BCUT2D eigenvalue weighted by Crippen LogP contribution is 2.32. The van der Waals surface area contributed by atoms with E-state index in [1.165, 1.54) is 12.8 Å². The molecule has 1 heterocycles. The first kappa shape index (κ1) is 16.5. The number of rotatable bonds is 5. The Kier molecular flexibility index (Phi) is 5.39. The van der Waals surface area contributed by atoms with Gasteiger partial charge in [-0.15, -0.1) is 0 Å². The number of fused-ring (bicyclic) bond motifs is 1. The smallest absolute Gasteiger partial charge is 0.138 e. The standard InChI is InChI=1S/C19H25ClN2O/c1-13(2)11-22-16-3-5-17(6-4-16)23-19-10-14-7-8-21-12-15(14)9-18(19)20/h7-10,12-13,16-17,22H,3-6,11H2,1-2H3/t16-,17-. The van der Waals surface area contributed by atoms with Crippen molar-refractivity contribution in [3.05, 3.63) is 35.6 Å². The molecule has 0 atom stereocenters. The average molecular weight is 333 g/mol. The molecule has 1 saturated carbocycles. The third kappa shape index (κ3) is 4.36. The number of pyridine rings is 1. The SMILES string of the molecule is CC(C)CN[C@H]1CC[C@H](Oc2cc3ccncc3cc2Cl)CC1. The van der Waals surface area contributed by atoms with Crippen molar-refractivity contribution in [1.82, 2.24) is 10.3 Å². The summed E-state index contributed by atoms with van der Waals surface area (Å²) < 4.78 is 6.19. The van der Waals surface area contributed by atoms with Gasteiger partial charge in [0.05, 0.1) is 11.1 Å². The van der Waals surface area contributed by atoms with Crippen LogP contribution in [0.25, 0.3) is 10.8 Å². The highest BCUT2D eigenvalue weighted by Gasteiger charge is 2.23. The van der Waals surface area contributed by atoms with Gasteiger partial charge in [0.1, 0.15) is 5.75 Å². The molecule has 1 aromatic heterocycles. The fourth-order valence-corrected chi connectivity index (χ4v) is 3.36. The van der Waals surface area contributed by atoms with Crippen molar-refractivity contribution in [2.75, 3.05) is 6.54 Å². The van der Waals surface area contributed by atoms with E-state index in [0.717, 1.165) is 35.9 Å². The van der Waals surface area contributed by atoms with Crippen molar-refractivity contribution >= 4 is 22.4 Å². The van der Waals surface area contributed by atoms with Crippen molar-refractivity contribution < 1.29 is 4.74 Å². The molecule has 1 N–H and O–H groups in total. The molecule has 0 unspecified atom stereocenters. The minimum Gasteiger partial charge on any atom is -0.489 e. The Hall–Kier alpha value is -1.32. The van der Waals surface area contributed by atoms with Crippen LogP contribution >= 0.6 is 11.6 Å². The van der Waals surface area contributed by atoms with Gasteiger partial charge >= 0.3 is 0 Å². The van der Waals surface area contributed by atoms with E-state index in [1.54, 1.807) is 6.20 Å². The Labute approximate surface area is 143 Å². The molecule has 0 bridgehead atoms. The van der Waals surface area contributed by atoms with Gasteiger partial charge < -0.3 is 10.1 Å². The zero-order valence-electron chi connectivity index (χ0n) is 13.9. The van der Waals surface area contributed by atoms with Gasteiger partial charge in [-0.05, 0) is 61.7 Å². The number of nitrogens with zero attached hydrogens (tertiary/aromatic N) is 1. The summed E-state index contributed by atoms with van der Waals surface area (Å²) in [6.45, 7) is 5.60. The Balaban J connectivity index is 1.59. The van der Waals surface area contributed by atoms with E-state index >= 15 is 0 Å². The molecule has 3 rings (SSSR count). The summed E-state index contributed by atoms with van der Waals surface area (Å²) >= 11 is 6.37. The van der Waals surface area contributed by atoms with E-state index in [4.69, 9.17) is 16.3 Å². The van der Waals surface area contributed by atoms with E-state index in [-0.39, 0.29) is 6.10 Å². The molecule has 124 valence electrons. The Morgan fingerprint density at radius 2 is 2.00 bits per heavy atom. The third-order valence-corrected chi connectivity index (χ3v) is 4.77. The highest BCUT2D eigenvalue weighted by atomic mass is 35.5. The zero-order valence-corrected chi connectivity index (χ0v) is 14.6. The van der Waals surface area contributed by atoms with Crippen molar-refractivity contribution in [2.45, 2.75) is 51.7 Å². The molecule has 0 aliphatic heterocycles. The molecule has 1 fully saturated rings. The molecule has 0 spiro atoms. The van der Waals surface area contributed by atoms with Crippen molar-refractivity contribution in [1.29, 1.82) is 0 Å². The average Bonchev–Trinajstić information content (AvgIpc) is 2.55. The van der Waals surface area contributed by atoms with Gasteiger partial charge in [-0.1, -0.05) is 25.4 Å². The van der Waals surface area contributed by atoms with Crippen LogP contribution in [0.5, 0.6) is 5.75 Å². The molecule has 23 heavy (non-hydrogen) atoms. The second kappa shape index (κ2) is 7.50. The number of nitrogens with one attached hydrogen (secondary N) is 1. The molecular formula is C19H25ClN2O. The van der Waals surface area contributed by atoms with Gasteiger partial charge in [-0.25, -0.2) is 0 Å². The van der Waals surface area contributed by atoms with Crippen LogP contribution in [0.3, 0.4) is 0 Å². The summed E-state index contributed by atoms with van der Waals surface area (Å²) in [6, 6.07) is 6.60. The van der Waals surface area contributed by atoms with Gasteiger partial charge in [0.2, 0.25) is 0 Å². The summed E-state index contributed by atoms with van der Waals surface area (Å²) in [4.78, 5) is 4.13. The van der Waals surface area contributed by atoms with Crippen LogP contribution < -0.4 is 10.1 Å². The zero-order chi connectivity index (χ0) is 16.2. The molecule has 1 aliphatic carbocycles. The van der Waals surface area contributed by atoms with E-state index < -0.39 is 0 Å². The summed E-state index contributed by atoms with van der Waals surface area (Å²) in [5.41, 5.74) is 0. The lowest BCUT2D eigenvalue weighted by atomic mass is 9.92. The molecule has 4 heteroatoms. The lowest BCUT2D eigenvalue weighted by Crippen LogP contribution is -2.37. The van der Waals surface area contributed by atoms with E-state index in [1.807, 2.05) is 24.4 Å². The van der Waals surface area contributed by atoms with Crippen molar-refractivity contribution in [2.24, 2.45) is 5.92 Å². The van der Waals surface area contributed by atoms with Crippen LogP contribution in [0.2, 0.25) is 5.02 Å². The summed E-state index contributed by atoms with van der Waals surface area (Å²) in [5.74, 6) is 1.50.